The van der Waals surface area contributed by atoms with E-state index in [9.17, 15) is 10.1 Å². The molecule has 0 aromatic heterocycles. The summed E-state index contributed by atoms with van der Waals surface area (Å²) in [6.45, 7) is 3.80. The van der Waals surface area contributed by atoms with Crippen LogP contribution in [0.3, 0.4) is 0 Å². The zero-order valence-electron chi connectivity index (χ0n) is 14.8. The predicted molar refractivity (Wildman–Crippen MR) is 89.6 cm³/mol. The molecule has 11 heteroatoms. The van der Waals surface area contributed by atoms with E-state index in [0.717, 1.165) is 5.56 Å². The van der Waals surface area contributed by atoms with Gasteiger partial charge in [0.05, 0.1) is 19.3 Å². The SMILES string of the molecule is CC1(C)OC[C@H]2O[C@H](O[N+](=O)[O-])[C@H](N=[N+]=[N-])[C@@H](OCc3ccccc3)[C@@H]2O1. The van der Waals surface area contributed by atoms with Crippen LogP contribution in [0, 0.1) is 10.1 Å². The van der Waals surface area contributed by atoms with Crippen LogP contribution in [0.5, 0.6) is 0 Å². The molecule has 2 aliphatic heterocycles. The minimum Gasteiger partial charge on any atom is -0.370 e. The highest BCUT2D eigenvalue weighted by atomic mass is 17.0. The second-order valence-electron chi connectivity index (χ2n) is 6.62. The number of ether oxygens (including phenoxy) is 4. The highest BCUT2D eigenvalue weighted by Crippen LogP contribution is 2.35. The summed E-state index contributed by atoms with van der Waals surface area (Å²) in [5, 5.41) is 13.5. The standard InChI is InChI=1S/C16H20N4O7/c1-16(2)24-9-11-13(26-16)14(23-8-10-6-4-3-5-7-10)12(18-19-17)15(25-11)27-20(21)22/h3-7,11-15H,8-9H2,1-2H3/t11-,12-,13-,14-,15-/m1/s1. The lowest BCUT2D eigenvalue weighted by Crippen LogP contribution is -2.65. The molecule has 27 heavy (non-hydrogen) atoms. The van der Waals surface area contributed by atoms with Crippen LogP contribution >= 0.6 is 0 Å². The number of rotatable bonds is 6. The molecule has 5 atom stereocenters. The smallest absolute Gasteiger partial charge is 0.297 e. The van der Waals surface area contributed by atoms with Crippen molar-refractivity contribution >= 4 is 0 Å². The van der Waals surface area contributed by atoms with Gasteiger partial charge < -0.3 is 18.9 Å². The molecule has 1 aromatic carbocycles. The van der Waals surface area contributed by atoms with Crippen LogP contribution in [0.2, 0.25) is 0 Å². The van der Waals surface area contributed by atoms with Crippen molar-refractivity contribution in [2.75, 3.05) is 6.61 Å². The number of benzene rings is 1. The Kier molecular flexibility index (Phi) is 5.78. The Morgan fingerprint density at radius 3 is 2.81 bits per heavy atom. The lowest BCUT2D eigenvalue weighted by Gasteiger charge is -2.49. The van der Waals surface area contributed by atoms with Gasteiger partial charge in [0.15, 0.2) is 5.79 Å². The highest BCUT2D eigenvalue weighted by molar-refractivity contribution is 5.13. The fourth-order valence-electron chi connectivity index (χ4n) is 3.12. The molecule has 0 radical (unpaired) electrons. The van der Waals surface area contributed by atoms with Crippen LogP contribution in [0.1, 0.15) is 19.4 Å². The molecule has 0 aliphatic carbocycles. The fraction of sp³-hybridized carbons (Fsp3) is 0.625. The van der Waals surface area contributed by atoms with Gasteiger partial charge in [-0.3, -0.25) is 4.84 Å². The van der Waals surface area contributed by atoms with Crippen molar-refractivity contribution in [3.05, 3.63) is 56.5 Å². The van der Waals surface area contributed by atoms with Gasteiger partial charge in [0.1, 0.15) is 18.2 Å². The van der Waals surface area contributed by atoms with Crippen LogP contribution in [-0.4, -0.2) is 48.1 Å². The van der Waals surface area contributed by atoms with Crippen LogP contribution < -0.4 is 0 Å². The van der Waals surface area contributed by atoms with Crippen LogP contribution in [0.25, 0.3) is 10.4 Å². The Hall–Kier alpha value is -2.43. The molecule has 11 nitrogen and oxygen atoms in total. The van der Waals surface area contributed by atoms with Gasteiger partial charge in [0.2, 0.25) is 6.29 Å². The number of hydrogen-bond donors (Lipinski definition) is 0. The Bertz CT molecular complexity index is 710. The van der Waals surface area contributed by atoms with Gasteiger partial charge in [-0.1, -0.05) is 35.4 Å². The average molecular weight is 380 g/mol. The van der Waals surface area contributed by atoms with Gasteiger partial charge in [-0.05, 0) is 24.9 Å². The summed E-state index contributed by atoms with van der Waals surface area (Å²) in [6.07, 6.45) is -3.58. The molecule has 2 aliphatic rings. The van der Waals surface area contributed by atoms with Crippen molar-refractivity contribution in [1.29, 1.82) is 0 Å². The first kappa shape index (κ1) is 19.3. The topological polar surface area (TPSA) is 138 Å². The van der Waals surface area contributed by atoms with E-state index in [1.807, 2.05) is 30.3 Å². The summed E-state index contributed by atoms with van der Waals surface area (Å²) in [7, 11) is 0. The molecule has 0 N–H and O–H groups in total. The maximum absolute atomic E-state index is 10.8. The Labute approximate surface area is 154 Å². The number of fused-ring (bicyclic) bond motifs is 1. The lowest BCUT2D eigenvalue weighted by atomic mass is 9.95. The van der Waals surface area contributed by atoms with Crippen molar-refractivity contribution in [3.63, 3.8) is 0 Å². The van der Waals surface area contributed by atoms with E-state index in [0.29, 0.717) is 0 Å². The largest absolute Gasteiger partial charge is 0.370 e. The predicted octanol–water partition coefficient (Wildman–Crippen LogP) is 2.34. The van der Waals surface area contributed by atoms with Gasteiger partial charge in [0, 0.05) is 4.91 Å². The lowest BCUT2D eigenvalue weighted by molar-refractivity contribution is -0.784. The number of nitrogens with zero attached hydrogens (tertiary/aromatic N) is 4. The zero-order valence-corrected chi connectivity index (χ0v) is 14.8. The average Bonchev–Trinajstić information content (AvgIpc) is 2.62. The molecule has 0 bridgehead atoms. The first-order chi connectivity index (χ1) is 12.9. The molecule has 1 aromatic rings. The van der Waals surface area contributed by atoms with Crippen molar-refractivity contribution in [2.45, 2.75) is 56.9 Å². The van der Waals surface area contributed by atoms with Crippen LogP contribution in [0.15, 0.2) is 35.4 Å². The summed E-state index contributed by atoms with van der Waals surface area (Å²) in [4.78, 5) is 18.2. The van der Waals surface area contributed by atoms with Gasteiger partial charge in [-0.2, -0.15) is 0 Å². The molecule has 2 saturated heterocycles. The molecule has 3 rings (SSSR count). The molecule has 0 amide bonds. The fourth-order valence-corrected chi connectivity index (χ4v) is 3.12. The molecule has 0 unspecified atom stereocenters. The summed E-state index contributed by atoms with van der Waals surface area (Å²) in [5.41, 5.74) is 9.82. The monoisotopic (exact) mass is 380 g/mol. The second-order valence-corrected chi connectivity index (χ2v) is 6.62. The van der Waals surface area contributed by atoms with Crippen LogP contribution in [0.4, 0.5) is 0 Å². The molecular weight excluding hydrogens is 360 g/mol. The van der Waals surface area contributed by atoms with Gasteiger partial charge in [-0.15, -0.1) is 10.1 Å². The van der Waals surface area contributed by atoms with E-state index >= 15 is 0 Å². The Morgan fingerprint density at radius 2 is 2.15 bits per heavy atom. The van der Waals surface area contributed by atoms with Gasteiger partial charge >= 0.3 is 0 Å². The normalized spacial score (nSPS) is 32.0. The second kappa shape index (κ2) is 8.07. The summed E-state index contributed by atoms with van der Waals surface area (Å²) < 4.78 is 23.1. The molecule has 146 valence electrons. The van der Waals surface area contributed by atoms with Crippen molar-refractivity contribution < 1.29 is 28.9 Å². The Morgan fingerprint density at radius 1 is 1.41 bits per heavy atom. The van der Waals surface area contributed by atoms with Crippen molar-refractivity contribution in [3.8, 4) is 0 Å². The van der Waals surface area contributed by atoms with E-state index in [4.69, 9.17) is 24.5 Å². The van der Waals surface area contributed by atoms with Gasteiger partial charge in [-0.25, -0.2) is 0 Å². The van der Waals surface area contributed by atoms with E-state index in [1.165, 1.54) is 0 Å². The first-order valence-electron chi connectivity index (χ1n) is 8.38. The van der Waals surface area contributed by atoms with Crippen molar-refractivity contribution in [2.24, 2.45) is 5.11 Å². The third-order valence-corrected chi connectivity index (χ3v) is 4.29. The maximum Gasteiger partial charge on any atom is 0.297 e. The molecular formula is C16H20N4O7. The Balaban J connectivity index is 1.86. The van der Waals surface area contributed by atoms with E-state index in [-0.39, 0.29) is 13.2 Å². The van der Waals surface area contributed by atoms with E-state index < -0.39 is 41.5 Å². The molecule has 0 saturated carbocycles. The first-order valence-corrected chi connectivity index (χ1v) is 8.38. The minimum atomic E-state index is -1.42. The van der Waals surface area contributed by atoms with E-state index in [1.54, 1.807) is 13.8 Å². The highest BCUT2D eigenvalue weighted by Gasteiger charge is 2.53. The molecule has 2 fully saturated rings. The third kappa shape index (κ3) is 4.65. The van der Waals surface area contributed by atoms with Crippen LogP contribution in [-0.2, 0) is 30.4 Å². The zero-order chi connectivity index (χ0) is 19.4. The van der Waals surface area contributed by atoms with E-state index in [2.05, 4.69) is 14.9 Å². The summed E-state index contributed by atoms with van der Waals surface area (Å²) in [5.74, 6) is -0.906. The quantitative estimate of drug-likeness (QED) is 0.243. The summed E-state index contributed by atoms with van der Waals surface area (Å²) >= 11 is 0. The molecule has 2 heterocycles. The van der Waals surface area contributed by atoms with Crippen molar-refractivity contribution in [1.82, 2.24) is 0 Å². The molecule has 0 spiro atoms. The summed E-state index contributed by atoms with van der Waals surface area (Å²) in [6, 6.07) is 8.24. The third-order valence-electron chi connectivity index (χ3n) is 4.29. The maximum atomic E-state index is 10.8. The number of hydrogen-bond acceptors (Lipinski definition) is 8. The number of azide groups is 1. The minimum absolute atomic E-state index is 0.128. The van der Waals surface area contributed by atoms with Gasteiger partial charge in [0.25, 0.3) is 5.09 Å².